The van der Waals surface area contributed by atoms with E-state index in [2.05, 4.69) is 0 Å². The number of benzene rings is 2. The van der Waals surface area contributed by atoms with Gasteiger partial charge in [-0.15, -0.1) is 0 Å². The minimum Gasteiger partial charge on any atom is -0.457 e. The number of non-ortho nitro benzene ring substituents is 1. The summed E-state index contributed by atoms with van der Waals surface area (Å²) in [6.07, 6.45) is -4.85. The smallest absolute Gasteiger partial charge is 0.420 e. The topological polar surface area (TPSA) is 82.6 Å². The average molecular weight is 381 g/mol. The largest absolute Gasteiger partial charge is 0.457 e. The lowest BCUT2D eigenvalue weighted by Crippen LogP contribution is -2.08. The van der Waals surface area contributed by atoms with Crippen molar-refractivity contribution in [3.8, 4) is 11.5 Å². The fraction of sp³-hybridized carbons (Fsp3) is 0.167. The third-order valence-corrected chi connectivity index (χ3v) is 3.63. The normalized spacial score (nSPS) is 11.1. The number of ether oxygens (including phenoxy) is 1. The molecule has 2 aromatic carbocycles. The first-order valence-corrected chi connectivity index (χ1v) is 7.23. The van der Waals surface area contributed by atoms with Gasteiger partial charge in [-0.1, -0.05) is 7.43 Å². The third-order valence-electron chi connectivity index (χ3n) is 3.63. The van der Waals surface area contributed by atoms with Gasteiger partial charge in [-0.05, 0) is 30.7 Å². The van der Waals surface area contributed by atoms with Crippen molar-refractivity contribution >= 4 is 16.7 Å². The highest BCUT2D eigenvalue weighted by molar-refractivity contribution is 5.81. The summed E-state index contributed by atoms with van der Waals surface area (Å²) in [5.41, 5.74) is -1.78. The molecule has 0 saturated carbocycles. The van der Waals surface area contributed by atoms with Crippen LogP contribution in [0.4, 0.5) is 18.9 Å². The van der Waals surface area contributed by atoms with E-state index in [1.165, 1.54) is 18.2 Å². The van der Waals surface area contributed by atoms with E-state index in [-0.39, 0.29) is 18.8 Å². The predicted octanol–water partition coefficient (Wildman–Crippen LogP) is 5.46. The van der Waals surface area contributed by atoms with E-state index in [9.17, 15) is 28.1 Å². The molecule has 0 aliphatic carbocycles. The quantitative estimate of drug-likeness (QED) is 0.342. The maximum atomic E-state index is 13.2. The van der Waals surface area contributed by atoms with Crippen LogP contribution in [0, 0.1) is 17.0 Å². The summed E-state index contributed by atoms with van der Waals surface area (Å²) in [6.45, 7) is 1.69. The minimum atomic E-state index is -4.85. The summed E-state index contributed by atoms with van der Waals surface area (Å²) in [6, 6.07) is 7.72. The molecule has 0 radical (unpaired) electrons. The number of rotatable bonds is 3. The molecule has 3 rings (SSSR count). The van der Waals surface area contributed by atoms with Crippen LogP contribution in [-0.2, 0) is 6.18 Å². The van der Waals surface area contributed by atoms with Crippen molar-refractivity contribution in [3.63, 3.8) is 0 Å². The first-order chi connectivity index (χ1) is 12.1. The first kappa shape index (κ1) is 20.0. The van der Waals surface area contributed by atoms with Crippen LogP contribution >= 0.6 is 0 Å². The Kier molecular flexibility index (Phi) is 5.25. The maximum absolute atomic E-state index is 13.2. The number of nitro benzene ring substituents is 1. The van der Waals surface area contributed by atoms with E-state index in [0.29, 0.717) is 17.0 Å². The lowest BCUT2D eigenvalue weighted by Gasteiger charge is -2.13. The number of halogens is 3. The van der Waals surface area contributed by atoms with Crippen LogP contribution in [0.2, 0.25) is 0 Å². The minimum absolute atomic E-state index is 0. The number of fused-ring (bicyclic) bond motifs is 1. The molecule has 142 valence electrons. The van der Waals surface area contributed by atoms with Gasteiger partial charge in [-0.25, -0.2) is 4.79 Å². The Morgan fingerprint density at radius 1 is 1.11 bits per heavy atom. The van der Waals surface area contributed by atoms with E-state index < -0.39 is 33.7 Å². The fourth-order valence-corrected chi connectivity index (χ4v) is 2.44. The highest BCUT2D eigenvalue weighted by atomic mass is 19.4. The lowest BCUT2D eigenvalue weighted by molar-refractivity contribution is -0.385. The van der Waals surface area contributed by atoms with Gasteiger partial charge in [-0.2, -0.15) is 13.2 Å². The molecule has 0 fully saturated rings. The molecule has 0 saturated heterocycles. The van der Waals surface area contributed by atoms with Crippen LogP contribution in [0.5, 0.6) is 11.5 Å². The van der Waals surface area contributed by atoms with Gasteiger partial charge in [-0.3, -0.25) is 10.1 Å². The number of hydrogen-bond acceptors (Lipinski definition) is 5. The van der Waals surface area contributed by atoms with Gasteiger partial charge in [0.25, 0.3) is 5.69 Å². The zero-order chi connectivity index (χ0) is 19.1. The van der Waals surface area contributed by atoms with Gasteiger partial charge in [0.05, 0.1) is 4.92 Å². The fourth-order valence-electron chi connectivity index (χ4n) is 2.44. The Hall–Kier alpha value is -3.36. The van der Waals surface area contributed by atoms with Crippen molar-refractivity contribution in [2.75, 3.05) is 0 Å². The highest BCUT2D eigenvalue weighted by Gasteiger charge is 2.36. The Labute approximate surface area is 151 Å². The van der Waals surface area contributed by atoms with Crippen LogP contribution in [-0.4, -0.2) is 4.92 Å². The molecule has 0 aliphatic heterocycles. The van der Waals surface area contributed by atoms with Crippen LogP contribution in [0.1, 0.15) is 18.6 Å². The van der Waals surface area contributed by atoms with Crippen molar-refractivity contribution in [2.24, 2.45) is 0 Å². The van der Waals surface area contributed by atoms with Gasteiger partial charge in [0.2, 0.25) is 0 Å². The molecule has 1 aromatic heterocycles. The Bertz CT molecular complexity index is 1070. The van der Waals surface area contributed by atoms with E-state index in [1.54, 1.807) is 13.0 Å². The third kappa shape index (κ3) is 4.08. The first-order valence-electron chi connectivity index (χ1n) is 7.23. The average Bonchev–Trinajstić information content (AvgIpc) is 2.53. The van der Waals surface area contributed by atoms with Crippen LogP contribution in [0.25, 0.3) is 11.0 Å². The zero-order valence-electron chi connectivity index (χ0n) is 13.2. The summed E-state index contributed by atoms with van der Waals surface area (Å²) >= 11 is 0. The molecule has 27 heavy (non-hydrogen) atoms. The van der Waals surface area contributed by atoms with Crippen molar-refractivity contribution in [2.45, 2.75) is 20.5 Å². The molecule has 0 aliphatic rings. The van der Waals surface area contributed by atoms with E-state index >= 15 is 0 Å². The number of nitrogens with zero attached hydrogens (tertiary/aromatic N) is 1. The van der Waals surface area contributed by atoms with E-state index in [4.69, 9.17) is 9.15 Å². The summed E-state index contributed by atoms with van der Waals surface area (Å²) in [4.78, 5) is 21.2. The summed E-state index contributed by atoms with van der Waals surface area (Å²) in [5, 5.41) is 11.3. The SMILES string of the molecule is C.Cc1cc(=O)oc2cc(Oc3ccc([N+](=O)[O-])cc3C(F)(F)F)ccc12. The summed E-state index contributed by atoms with van der Waals surface area (Å²) in [5.74, 6) is -0.608. The number of aryl methyl sites for hydroxylation is 1. The van der Waals surface area contributed by atoms with Gasteiger partial charge < -0.3 is 9.15 Å². The molecule has 0 amide bonds. The molecule has 0 unspecified atom stereocenters. The number of alkyl halides is 3. The van der Waals surface area contributed by atoms with E-state index in [1.807, 2.05) is 0 Å². The number of nitro groups is 1. The molecule has 1 heterocycles. The lowest BCUT2D eigenvalue weighted by atomic mass is 10.1. The molecule has 6 nitrogen and oxygen atoms in total. The van der Waals surface area contributed by atoms with Crippen molar-refractivity contribution in [1.82, 2.24) is 0 Å². The molecule has 0 atom stereocenters. The van der Waals surface area contributed by atoms with Gasteiger partial charge >= 0.3 is 11.8 Å². The molecule has 0 bridgehead atoms. The van der Waals surface area contributed by atoms with Crippen molar-refractivity contribution in [1.29, 1.82) is 0 Å². The molecule has 3 aromatic rings. The van der Waals surface area contributed by atoms with Crippen LogP contribution < -0.4 is 10.4 Å². The van der Waals surface area contributed by atoms with E-state index in [0.717, 1.165) is 12.1 Å². The van der Waals surface area contributed by atoms with Crippen LogP contribution in [0.3, 0.4) is 0 Å². The van der Waals surface area contributed by atoms with Crippen molar-refractivity contribution in [3.05, 3.63) is 74.1 Å². The highest BCUT2D eigenvalue weighted by Crippen LogP contribution is 2.40. The van der Waals surface area contributed by atoms with Gasteiger partial charge in [0.15, 0.2) is 0 Å². The van der Waals surface area contributed by atoms with Gasteiger partial charge in [0, 0.05) is 29.7 Å². The van der Waals surface area contributed by atoms with Crippen LogP contribution in [0.15, 0.2) is 51.7 Å². The summed E-state index contributed by atoms with van der Waals surface area (Å²) < 4.78 is 49.8. The molecule has 0 N–H and O–H groups in total. The second kappa shape index (κ2) is 7.10. The molecule has 9 heteroatoms. The second-order valence-electron chi connectivity index (χ2n) is 5.44. The molecular formula is C18H14F3NO5. The summed E-state index contributed by atoms with van der Waals surface area (Å²) in [7, 11) is 0. The predicted molar refractivity (Wildman–Crippen MR) is 92.1 cm³/mol. The molecular weight excluding hydrogens is 367 g/mol. The Morgan fingerprint density at radius 2 is 1.81 bits per heavy atom. The maximum Gasteiger partial charge on any atom is 0.420 e. The Morgan fingerprint density at radius 3 is 2.44 bits per heavy atom. The van der Waals surface area contributed by atoms with Gasteiger partial charge in [0.1, 0.15) is 22.6 Å². The molecule has 0 spiro atoms. The standard InChI is InChI=1S/C17H10F3NO5.CH4/c1-9-6-16(22)26-15-8-11(3-4-12(9)15)25-14-5-2-10(21(23)24)7-13(14)17(18,19)20;/h2-8H,1H3;1H4. The number of hydrogen-bond donors (Lipinski definition) is 0. The van der Waals surface area contributed by atoms with Crippen molar-refractivity contribution < 1.29 is 27.2 Å². The Balaban J connectivity index is 0.00000261. The monoisotopic (exact) mass is 381 g/mol. The second-order valence-corrected chi connectivity index (χ2v) is 5.44. The zero-order valence-corrected chi connectivity index (χ0v) is 13.2.